The third-order valence-electron chi connectivity index (χ3n) is 10.1. The standard InChI is InChI=1S/C49H90NO8P/c1-6-8-10-12-14-16-18-20-22-24-25-26-28-30-32-34-36-38-40-42-49(52)58-47(46-57-59(53,54)56-44-43-50(3,4)5)45-55-48(51)41-39-37-35-33-31-29-27-23-21-19-17-15-13-11-9-7-2/h14,16,20,22,25-26,30,32,47H,6-13,15,17-19,21,23-24,27-29,31,33-46H2,1-5H3/p+1/b16-14+,22-20+,26-25+,32-30+/t47-/m1/s1. The molecule has 10 heteroatoms. The van der Waals surface area contributed by atoms with Gasteiger partial charge in [0.05, 0.1) is 27.7 Å². The van der Waals surface area contributed by atoms with E-state index in [9.17, 15) is 19.0 Å². The number of hydrogen-bond donors (Lipinski definition) is 1. The van der Waals surface area contributed by atoms with Crippen LogP contribution in [0.5, 0.6) is 0 Å². The van der Waals surface area contributed by atoms with Crippen LogP contribution in [0.4, 0.5) is 0 Å². The molecule has 59 heavy (non-hydrogen) atoms. The molecule has 344 valence electrons. The van der Waals surface area contributed by atoms with Crippen LogP contribution >= 0.6 is 7.82 Å². The largest absolute Gasteiger partial charge is 0.472 e. The van der Waals surface area contributed by atoms with E-state index in [0.717, 1.165) is 57.8 Å². The fraction of sp³-hybridized carbons (Fsp3) is 0.796. The quantitative estimate of drug-likeness (QED) is 0.0212. The summed E-state index contributed by atoms with van der Waals surface area (Å²) in [5, 5.41) is 0. The van der Waals surface area contributed by atoms with Gasteiger partial charge in [0.15, 0.2) is 6.10 Å². The summed E-state index contributed by atoms with van der Waals surface area (Å²) in [4.78, 5) is 35.4. The van der Waals surface area contributed by atoms with Crippen LogP contribution in [-0.2, 0) is 32.7 Å². The van der Waals surface area contributed by atoms with Gasteiger partial charge in [-0.3, -0.25) is 18.6 Å². The molecule has 0 spiro atoms. The molecule has 0 rings (SSSR count). The van der Waals surface area contributed by atoms with E-state index in [1.54, 1.807) is 0 Å². The van der Waals surface area contributed by atoms with Gasteiger partial charge in [0.1, 0.15) is 19.8 Å². The number of phosphoric acid groups is 1. The van der Waals surface area contributed by atoms with Crippen molar-refractivity contribution >= 4 is 19.8 Å². The van der Waals surface area contributed by atoms with Gasteiger partial charge in [-0.1, -0.05) is 178 Å². The van der Waals surface area contributed by atoms with Crippen molar-refractivity contribution in [2.75, 3.05) is 47.5 Å². The number of phosphoric ester groups is 1. The highest BCUT2D eigenvalue weighted by molar-refractivity contribution is 7.47. The number of carbonyl (C=O) groups excluding carboxylic acids is 2. The van der Waals surface area contributed by atoms with Gasteiger partial charge in [-0.15, -0.1) is 0 Å². The summed E-state index contributed by atoms with van der Waals surface area (Å²) in [5.41, 5.74) is 0. The summed E-state index contributed by atoms with van der Waals surface area (Å²) < 4.78 is 34.3. The molecule has 0 amide bonds. The minimum atomic E-state index is -4.39. The highest BCUT2D eigenvalue weighted by atomic mass is 31.2. The van der Waals surface area contributed by atoms with Crippen molar-refractivity contribution in [1.29, 1.82) is 0 Å². The number of esters is 2. The lowest BCUT2D eigenvalue weighted by Crippen LogP contribution is -2.37. The molecule has 0 aromatic heterocycles. The molecule has 0 saturated heterocycles. The number of rotatable bonds is 43. The lowest BCUT2D eigenvalue weighted by Gasteiger charge is -2.24. The molecule has 0 aliphatic rings. The topological polar surface area (TPSA) is 108 Å². The third kappa shape index (κ3) is 45.3. The molecule has 1 unspecified atom stereocenters. The molecular weight excluding hydrogens is 762 g/mol. The van der Waals surface area contributed by atoms with Crippen LogP contribution in [0.1, 0.15) is 200 Å². The van der Waals surface area contributed by atoms with Gasteiger partial charge >= 0.3 is 19.8 Å². The molecule has 0 aromatic carbocycles. The van der Waals surface area contributed by atoms with Crippen molar-refractivity contribution in [2.45, 2.75) is 206 Å². The highest BCUT2D eigenvalue weighted by Crippen LogP contribution is 2.43. The van der Waals surface area contributed by atoms with Gasteiger partial charge in [0.25, 0.3) is 0 Å². The number of ether oxygens (including phenoxy) is 2. The molecule has 0 fully saturated rings. The predicted molar refractivity (Wildman–Crippen MR) is 247 cm³/mol. The van der Waals surface area contributed by atoms with Crippen LogP contribution in [0.15, 0.2) is 48.6 Å². The van der Waals surface area contributed by atoms with E-state index in [-0.39, 0.29) is 32.0 Å². The van der Waals surface area contributed by atoms with Crippen LogP contribution in [-0.4, -0.2) is 74.9 Å². The Labute approximate surface area is 363 Å². The second-order valence-corrected chi connectivity index (χ2v) is 18.6. The lowest BCUT2D eigenvalue weighted by atomic mass is 10.0. The SMILES string of the molecule is CCCCC/C=C/C/C=C/C/C=C/C/C=C/CCCCCC(=O)O[C@H](COC(=O)CCCCCCCCCCCCCCCCCC)COP(=O)(O)OCC[N+](C)(C)C. The maximum atomic E-state index is 12.7. The fourth-order valence-electron chi connectivity index (χ4n) is 6.35. The molecule has 0 heterocycles. The Balaban J connectivity index is 4.37. The van der Waals surface area contributed by atoms with Crippen molar-refractivity contribution in [3.8, 4) is 0 Å². The molecule has 0 bridgehead atoms. The number of nitrogens with zero attached hydrogens (tertiary/aromatic N) is 1. The summed E-state index contributed by atoms with van der Waals surface area (Å²) >= 11 is 0. The van der Waals surface area contributed by atoms with Crippen molar-refractivity contribution in [2.24, 2.45) is 0 Å². The van der Waals surface area contributed by atoms with Gasteiger partial charge in [-0.2, -0.15) is 0 Å². The number of unbranched alkanes of at least 4 members (excludes halogenated alkanes) is 21. The van der Waals surface area contributed by atoms with Gasteiger partial charge < -0.3 is 18.9 Å². The predicted octanol–water partition coefficient (Wildman–Crippen LogP) is 13.9. The van der Waals surface area contributed by atoms with Crippen LogP contribution in [0.2, 0.25) is 0 Å². The van der Waals surface area contributed by atoms with E-state index in [1.165, 1.54) is 109 Å². The summed E-state index contributed by atoms with van der Waals surface area (Å²) in [6.07, 6.45) is 48.7. The highest BCUT2D eigenvalue weighted by Gasteiger charge is 2.27. The number of likely N-dealkylation sites (N-methyl/N-ethyl adjacent to an activating group) is 1. The van der Waals surface area contributed by atoms with E-state index >= 15 is 0 Å². The summed E-state index contributed by atoms with van der Waals surface area (Å²) in [6, 6.07) is 0. The first-order chi connectivity index (χ1) is 28.5. The van der Waals surface area contributed by atoms with Crippen LogP contribution in [0.3, 0.4) is 0 Å². The number of hydrogen-bond acceptors (Lipinski definition) is 7. The second kappa shape index (κ2) is 41.3. The molecule has 0 aliphatic heterocycles. The average Bonchev–Trinajstić information content (AvgIpc) is 3.19. The molecule has 0 saturated carbocycles. The normalized spacial score (nSPS) is 13.9. The maximum absolute atomic E-state index is 12.7. The van der Waals surface area contributed by atoms with Crippen LogP contribution in [0, 0.1) is 0 Å². The first-order valence-electron chi connectivity index (χ1n) is 23.9. The molecule has 0 aliphatic carbocycles. The Morgan fingerprint density at radius 1 is 0.525 bits per heavy atom. The lowest BCUT2D eigenvalue weighted by molar-refractivity contribution is -0.870. The van der Waals surface area contributed by atoms with E-state index in [1.807, 2.05) is 21.1 Å². The van der Waals surface area contributed by atoms with Crippen molar-refractivity contribution < 1.29 is 42.1 Å². The van der Waals surface area contributed by atoms with E-state index in [4.69, 9.17) is 18.5 Å². The molecule has 2 atom stereocenters. The monoisotopic (exact) mass is 853 g/mol. The first-order valence-corrected chi connectivity index (χ1v) is 25.4. The fourth-order valence-corrected chi connectivity index (χ4v) is 7.09. The molecule has 1 N–H and O–H groups in total. The zero-order chi connectivity index (χ0) is 43.6. The van der Waals surface area contributed by atoms with Gasteiger partial charge in [-0.25, -0.2) is 4.57 Å². The summed E-state index contributed by atoms with van der Waals surface area (Å²) in [5.74, 6) is -0.830. The first kappa shape index (κ1) is 57.0. The maximum Gasteiger partial charge on any atom is 0.472 e. The molecule has 0 radical (unpaired) electrons. The smallest absolute Gasteiger partial charge is 0.462 e. The van der Waals surface area contributed by atoms with Crippen molar-refractivity contribution in [3.05, 3.63) is 48.6 Å². The van der Waals surface area contributed by atoms with Crippen LogP contribution in [0.25, 0.3) is 0 Å². The van der Waals surface area contributed by atoms with Gasteiger partial charge in [0, 0.05) is 12.8 Å². The number of quaternary nitrogens is 1. The number of allylic oxidation sites excluding steroid dienone is 8. The van der Waals surface area contributed by atoms with Crippen LogP contribution < -0.4 is 0 Å². The average molecular weight is 853 g/mol. The zero-order valence-corrected chi connectivity index (χ0v) is 39.6. The molecular formula is C49H91NO8P+. The Morgan fingerprint density at radius 3 is 1.39 bits per heavy atom. The van der Waals surface area contributed by atoms with Gasteiger partial charge in [0.2, 0.25) is 0 Å². The molecule has 9 nitrogen and oxygen atoms in total. The minimum absolute atomic E-state index is 0.0249. The minimum Gasteiger partial charge on any atom is -0.462 e. The van der Waals surface area contributed by atoms with E-state index in [2.05, 4.69) is 62.5 Å². The van der Waals surface area contributed by atoms with E-state index in [0.29, 0.717) is 17.4 Å². The van der Waals surface area contributed by atoms with Crippen molar-refractivity contribution in [3.63, 3.8) is 0 Å². The Kier molecular flexibility index (Phi) is 39.9. The Hall–Kier alpha value is -2.03. The Bertz CT molecular complexity index is 1150. The molecule has 0 aromatic rings. The second-order valence-electron chi connectivity index (χ2n) is 17.1. The van der Waals surface area contributed by atoms with Gasteiger partial charge in [-0.05, 0) is 57.8 Å². The van der Waals surface area contributed by atoms with Crippen molar-refractivity contribution in [1.82, 2.24) is 0 Å². The summed E-state index contributed by atoms with van der Waals surface area (Å²) in [6.45, 7) is 4.37. The summed E-state index contributed by atoms with van der Waals surface area (Å²) in [7, 11) is 1.45. The number of carbonyl (C=O) groups is 2. The van der Waals surface area contributed by atoms with E-state index < -0.39 is 26.5 Å². The zero-order valence-electron chi connectivity index (χ0n) is 38.7. The third-order valence-corrected chi connectivity index (χ3v) is 11.1. The Morgan fingerprint density at radius 2 is 0.915 bits per heavy atom.